The molecule has 1 aromatic carbocycles. The lowest BCUT2D eigenvalue weighted by Gasteiger charge is -2.15. The maximum Gasteiger partial charge on any atom is 0.328 e. The highest BCUT2D eigenvalue weighted by Gasteiger charge is 2.34. The number of aliphatic carboxylic acids is 1. The highest BCUT2D eigenvalue weighted by molar-refractivity contribution is 8.26. The van der Waals surface area contributed by atoms with Crippen molar-refractivity contribution in [3.63, 3.8) is 0 Å². The predicted molar refractivity (Wildman–Crippen MR) is 87.2 cm³/mol. The fourth-order valence-corrected chi connectivity index (χ4v) is 3.20. The number of carbonyl (C=O) groups excluding carboxylic acids is 1. The van der Waals surface area contributed by atoms with E-state index in [1.165, 1.54) is 35.5 Å². The monoisotopic (exact) mass is 351 g/mol. The van der Waals surface area contributed by atoms with E-state index in [1.54, 1.807) is 0 Å². The van der Waals surface area contributed by atoms with Crippen LogP contribution in [0.25, 0.3) is 0 Å². The van der Waals surface area contributed by atoms with E-state index in [1.807, 2.05) is 0 Å². The number of carbonyl (C=O) groups is 2. The number of nitrogens with one attached hydrogen (secondary N) is 1. The Kier molecular flexibility index (Phi) is 4.14. The van der Waals surface area contributed by atoms with Gasteiger partial charge < -0.3 is 10.4 Å². The first-order valence-corrected chi connectivity index (χ1v) is 7.76. The lowest BCUT2D eigenvalue weighted by atomic mass is 10.0. The van der Waals surface area contributed by atoms with Gasteiger partial charge in [0.2, 0.25) is 0 Å². The summed E-state index contributed by atoms with van der Waals surface area (Å²) in [6.07, 6.45) is 1.52. The summed E-state index contributed by atoms with van der Waals surface area (Å²) in [5.41, 5.74) is 1.15. The summed E-state index contributed by atoms with van der Waals surface area (Å²) in [6.45, 7) is 0. The van der Waals surface area contributed by atoms with Crippen molar-refractivity contribution in [1.29, 1.82) is 0 Å². The van der Waals surface area contributed by atoms with Gasteiger partial charge in [-0.25, -0.2) is 9.18 Å². The van der Waals surface area contributed by atoms with E-state index in [2.05, 4.69) is 10.4 Å². The molecule has 9 heteroatoms. The second-order valence-corrected chi connectivity index (χ2v) is 6.55. The van der Waals surface area contributed by atoms with Gasteiger partial charge in [-0.3, -0.25) is 9.80 Å². The molecule has 0 saturated carbocycles. The number of halogens is 1. The van der Waals surface area contributed by atoms with Crippen LogP contribution >= 0.6 is 24.0 Å². The average Bonchev–Trinajstić information content (AvgIpc) is 3.04. The molecule has 2 aliphatic heterocycles. The molecule has 0 radical (unpaired) electrons. The summed E-state index contributed by atoms with van der Waals surface area (Å²) < 4.78 is 13.3. The quantitative estimate of drug-likeness (QED) is 0.637. The van der Waals surface area contributed by atoms with Crippen molar-refractivity contribution in [2.24, 2.45) is 5.10 Å². The highest BCUT2D eigenvalue weighted by Crippen LogP contribution is 2.28. The second kappa shape index (κ2) is 6.09. The van der Waals surface area contributed by atoms with Crippen molar-refractivity contribution < 1.29 is 19.1 Å². The van der Waals surface area contributed by atoms with Gasteiger partial charge in [0, 0.05) is 12.6 Å². The Hall–Kier alpha value is -2.26. The van der Waals surface area contributed by atoms with Crippen LogP contribution in [-0.4, -0.2) is 38.1 Å². The van der Waals surface area contributed by atoms with Gasteiger partial charge in [-0.15, -0.1) is 0 Å². The summed E-state index contributed by atoms with van der Waals surface area (Å²) >= 11 is 5.94. The summed E-state index contributed by atoms with van der Waals surface area (Å²) in [4.78, 5) is 23.4. The van der Waals surface area contributed by atoms with Crippen molar-refractivity contribution in [3.8, 4) is 0 Å². The molecule has 6 nitrogen and oxygen atoms in total. The van der Waals surface area contributed by atoms with Gasteiger partial charge >= 0.3 is 5.97 Å². The number of carboxylic acid groups (broad SMARTS) is 1. The number of amides is 1. The van der Waals surface area contributed by atoms with E-state index in [4.69, 9.17) is 12.2 Å². The molecule has 1 amide bonds. The van der Waals surface area contributed by atoms with Gasteiger partial charge in [0.1, 0.15) is 10.1 Å². The van der Waals surface area contributed by atoms with Crippen molar-refractivity contribution >= 4 is 45.9 Å². The number of carboxylic acids is 1. The summed E-state index contributed by atoms with van der Waals surface area (Å²) in [6, 6.07) is 4.72. The fraction of sp³-hybridized carbons (Fsp3) is 0.143. The van der Waals surface area contributed by atoms with Crippen molar-refractivity contribution in [2.45, 2.75) is 12.5 Å². The van der Waals surface area contributed by atoms with Gasteiger partial charge in [0.05, 0.1) is 10.6 Å². The van der Waals surface area contributed by atoms with Gasteiger partial charge in [0.25, 0.3) is 5.91 Å². The lowest BCUT2D eigenvalue weighted by molar-refractivity contribution is -0.141. The number of nitrogens with zero attached hydrogens (tertiary/aromatic N) is 2. The number of thioether (sulfide) groups is 1. The molecule has 2 heterocycles. The molecule has 1 saturated heterocycles. The minimum atomic E-state index is -1.06. The average molecular weight is 351 g/mol. The molecule has 0 spiro atoms. The van der Waals surface area contributed by atoms with Crippen LogP contribution in [0.2, 0.25) is 0 Å². The van der Waals surface area contributed by atoms with Crippen molar-refractivity contribution in [2.75, 3.05) is 0 Å². The SMILES string of the molecule is O=C1NC(=S)S/C1=C\N1N=C(c2ccc(F)cc2)CC1C(=O)O. The zero-order chi connectivity index (χ0) is 16.6. The Morgan fingerprint density at radius 3 is 2.74 bits per heavy atom. The molecule has 3 rings (SSSR count). The van der Waals surface area contributed by atoms with E-state index in [0.29, 0.717) is 15.6 Å². The Morgan fingerprint density at radius 1 is 1.48 bits per heavy atom. The molecule has 0 aromatic heterocycles. The molecule has 2 aliphatic rings. The van der Waals surface area contributed by atoms with Crippen LogP contribution in [0.4, 0.5) is 4.39 Å². The van der Waals surface area contributed by atoms with Crippen molar-refractivity contribution in [3.05, 3.63) is 46.8 Å². The summed E-state index contributed by atoms with van der Waals surface area (Å²) in [7, 11) is 0. The van der Waals surface area contributed by atoms with Crippen LogP contribution in [0.1, 0.15) is 12.0 Å². The van der Waals surface area contributed by atoms with Gasteiger partial charge in [-0.1, -0.05) is 36.1 Å². The third-order valence-electron chi connectivity index (χ3n) is 3.30. The van der Waals surface area contributed by atoms with E-state index in [-0.39, 0.29) is 23.1 Å². The normalized spacial score (nSPS) is 22.5. The van der Waals surface area contributed by atoms with Crippen LogP contribution in [-0.2, 0) is 9.59 Å². The Bertz CT molecular complexity index is 761. The Labute approximate surface area is 140 Å². The third-order valence-corrected chi connectivity index (χ3v) is 4.45. The van der Waals surface area contributed by atoms with Crippen LogP contribution in [0.15, 0.2) is 40.5 Å². The molecule has 1 aromatic rings. The lowest BCUT2D eigenvalue weighted by Crippen LogP contribution is -2.31. The first-order valence-electron chi connectivity index (χ1n) is 6.53. The summed E-state index contributed by atoms with van der Waals surface area (Å²) in [5.74, 6) is -1.82. The van der Waals surface area contributed by atoms with Gasteiger partial charge in [-0.05, 0) is 17.7 Å². The zero-order valence-corrected chi connectivity index (χ0v) is 13.2. The standard InChI is InChI=1S/C14H10FN3O3S2/c15-8-3-1-7(2-4-8)9-5-10(13(20)21)18(17-9)6-11-12(19)16-14(22)23-11/h1-4,6,10H,5H2,(H,20,21)(H,16,19,22)/b11-6-. The van der Waals surface area contributed by atoms with Crippen LogP contribution in [0.3, 0.4) is 0 Å². The number of thiocarbonyl (C=S) groups is 1. The number of benzene rings is 1. The molecule has 2 N–H and O–H groups in total. The minimum Gasteiger partial charge on any atom is -0.480 e. The Morgan fingerprint density at radius 2 is 2.17 bits per heavy atom. The van der Waals surface area contributed by atoms with E-state index in [0.717, 1.165) is 11.8 Å². The topological polar surface area (TPSA) is 82.0 Å². The molecule has 118 valence electrons. The first-order chi connectivity index (χ1) is 10.9. The molecule has 1 atom stereocenters. The smallest absolute Gasteiger partial charge is 0.328 e. The fourth-order valence-electron chi connectivity index (χ4n) is 2.19. The zero-order valence-electron chi connectivity index (χ0n) is 11.5. The molecule has 0 bridgehead atoms. The second-order valence-electron chi connectivity index (χ2n) is 4.83. The minimum absolute atomic E-state index is 0.154. The van der Waals surface area contributed by atoms with E-state index in [9.17, 15) is 19.1 Å². The van der Waals surface area contributed by atoms with Crippen LogP contribution in [0, 0.1) is 5.82 Å². The first kappa shape index (κ1) is 15.6. The number of hydrazone groups is 1. The third kappa shape index (κ3) is 3.25. The van der Waals surface area contributed by atoms with Crippen molar-refractivity contribution in [1.82, 2.24) is 10.3 Å². The van der Waals surface area contributed by atoms with Crippen LogP contribution in [0.5, 0.6) is 0 Å². The number of hydrogen-bond acceptors (Lipinski definition) is 6. The summed E-state index contributed by atoms with van der Waals surface area (Å²) in [5, 5.41) is 17.3. The molecular weight excluding hydrogens is 341 g/mol. The highest BCUT2D eigenvalue weighted by atomic mass is 32.2. The van der Waals surface area contributed by atoms with E-state index < -0.39 is 12.0 Å². The molecule has 1 unspecified atom stereocenters. The molecular formula is C14H10FN3O3S2. The van der Waals surface area contributed by atoms with Crippen LogP contribution < -0.4 is 5.32 Å². The predicted octanol–water partition coefficient (Wildman–Crippen LogP) is 1.68. The molecule has 1 fully saturated rings. The largest absolute Gasteiger partial charge is 0.480 e. The molecule has 23 heavy (non-hydrogen) atoms. The van der Waals surface area contributed by atoms with Gasteiger partial charge in [0.15, 0.2) is 6.04 Å². The number of hydrogen-bond donors (Lipinski definition) is 2. The number of rotatable bonds is 3. The maximum absolute atomic E-state index is 13.0. The van der Waals surface area contributed by atoms with Gasteiger partial charge in [-0.2, -0.15) is 5.10 Å². The van der Waals surface area contributed by atoms with E-state index >= 15 is 0 Å². The Balaban J connectivity index is 1.91. The maximum atomic E-state index is 13.0. The molecule has 0 aliphatic carbocycles.